The van der Waals surface area contributed by atoms with Crippen molar-refractivity contribution in [1.29, 1.82) is 0 Å². The van der Waals surface area contributed by atoms with Crippen LogP contribution in [0.1, 0.15) is 30.8 Å². The number of amides is 1. The lowest BCUT2D eigenvalue weighted by molar-refractivity contribution is -0.115. The first-order valence-electron chi connectivity index (χ1n) is 5.22. The number of anilines is 1. The monoisotopic (exact) mass is 224 g/mol. The second-order valence-corrected chi connectivity index (χ2v) is 3.31. The summed E-state index contributed by atoms with van der Waals surface area (Å²) in [6.45, 7) is 3.80. The number of nitrogens with zero attached hydrogens (tertiary/aromatic N) is 1. The van der Waals surface area contributed by atoms with E-state index in [9.17, 15) is 9.59 Å². The fraction of sp³-hybridized carbons (Fsp3) is 0.455. The fourth-order valence-electron chi connectivity index (χ4n) is 1.32. The van der Waals surface area contributed by atoms with Gasteiger partial charge in [0, 0.05) is 19.7 Å². The molecule has 16 heavy (non-hydrogen) atoms. The summed E-state index contributed by atoms with van der Waals surface area (Å²) in [6, 6.07) is 1.68. The van der Waals surface area contributed by atoms with Crippen LogP contribution in [0.15, 0.2) is 12.3 Å². The second kappa shape index (κ2) is 5.34. The number of hydrogen-bond donors (Lipinski definition) is 1. The van der Waals surface area contributed by atoms with Gasteiger partial charge in [0.2, 0.25) is 5.91 Å². The number of hydrogen-bond acceptors (Lipinski definition) is 3. The number of aryl methyl sites for hydroxylation is 1. The molecule has 1 amide bonds. The summed E-state index contributed by atoms with van der Waals surface area (Å²) < 4.78 is 6.54. The Balaban J connectivity index is 2.93. The molecular formula is C11H16N2O3. The fourth-order valence-corrected chi connectivity index (χ4v) is 1.32. The molecule has 0 saturated carbocycles. The van der Waals surface area contributed by atoms with Crippen molar-refractivity contribution in [2.45, 2.75) is 20.3 Å². The molecule has 0 atom stereocenters. The summed E-state index contributed by atoms with van der Waals surface area (Å²) in [6.07, 6.45) is 2.08. The Morgan fingerprint density at radius 2 is 2.12 bits per heavy atom. The highest BCUT2D eigenvalue weighted by Crippen LogP contribution is 2.17. The lowest BCUT2D eigenvalue weighted by atomic mass is 10.3. The summed E-state index contributed by atoms with van der Waals surface area (Å²) >= 11 is 0. The molecule has 0 fully saturated rings. The largest absolute Gasteiger partial charge is 0.461 e. The molecule has 0 unspecified atom stereocenters. The van der Waals surface area contributed by atoms with E-state index < -0.39 is 5.97 Å². The van der Waals surface area contributed by atoms with Gasteiger partial charge in [-0.05, 0) is 13.0 Å². The van der Waals surface area contributed by atoms with Crippen LogP contribution in [-0.2, 0) is 16.6 Å². The molecule has 0 aliphatic carbocycles. The van der Waals surface area contributed by atoms with Gasteiger partial charge in [-0.15, -0.1) is 0 Å². The molecule has 5 heteroatoms. The van der Waals surface area contributed by atoms with Gasteiger partial charge in [-0.25, -0.2) is 4.79 Å². The van der Waals surface area contributed by atoms with Gasteiger partial charge in [-0.2, -0.15) is 0 Å². The zero-order valence-electron chi connectivity index (χ0n) is 9.74. The molecule has 1 aromatic heterocycles. The van der Waals surface area contributed by atoms with E-state index >= 15 is 0 Å². The molecular weight excluding hydrogens is 208 g/mol. The minimum Gasteiger partial charge on any atom is -0.461 e. The number of esters is 1. The van der Waals surface area contributed by atoms with Crippen molar-refractivity contribution in [2.75, 3.05) is 11.9 Å². The summed E-state index contributed by atoms with van der Waals surface area (Å²) in [5, 5.41) is 2.66. The van der Waals surface area contributed by atoms with Crippen LogP contribution >= 0.6 is 0 Å². The lowest BCUT2D eigenvalue weighted by Crippen LogP contribution is -2.16. The van der Waals surface area contributed by atoms with Gasteiger partial charge < -0.3 is 14.6 Å². The molecule has 1 N–H and O–H groups in total. The van der Waals surface area contributed by atoms with Crippen LogP contribution in [0.25, 0.3) is 0 Å². The molecule has 88 valence electrons. The van der Waals surface area contributed by atoms with Crippen molar-refractivity contribution in [3.63, 3.8) is 0 Å². The zero-order chi connectivity index (χ0) is 12.1. The Kier molecular flexibility index (Phi) is 4.10. The summed E-state index contributed by atoms with van der Waals surface area (Å²) in [7, 11) is 1.73. The van der Waals surface area contributed by atoms with E-state index in [2.05, 4.69) is 5.32 Å². The third-order valence-corrected chi connectivity index (χ3v) is 2.14. The predicted octanol–water partition coefficient (Wildman–Crippen LogP) is 1.55. The molecule has 0 aliphatic rings. The summed E-state index contributed by atoms with van der Waals surface area (Å²) in [4.78, 5) is 22.9. The van der Waals surface area contributed by atoms with Gasteiger partial charge in [0.25, 0.3) is 0 Å². The average molecular weight is 224 g/mol. The maximum absolute atomic E-state index is 11.6. The minimum absolute atomic E-state index is 0.128. The van der Waals surface area contributed by atoms with Crippen LogP contribution in [0, 0.1) is 0 Å². The SMILES string of the molecule is CCOC(=O)c1c(NC(=O)CC)ccn1C. The van der Waals surface area contributed by atoms with Crippen LogP contribution in [0.5, 0.6) is 0 Å². The molecule has 0 saturated heterocycles. The Morgan fingerprint density at radius 3 is 2.69 bits per heavy atom. The van der Waals surface area contributed by atoms with Crippen molar-refractivity contribution in [1.82, 2.24) is 4.57 Å². The van der Waals surface area contributed by atoms with Crippen molar-refractivity contribution in [2.24, 2.45) is 7.05 Å². The van der Waals surface area contributed by atoms with E-state index in [4.69, 9.17) is 4.74 Å². The topological polar surface area (TPSA) is 60.3 Å². The Bertz CT molecular complexity index is 396. The predicted molar refractivity (Wildman–Crippen MR) is 60.3 cm³/mol. The first-order valence-corrected chi connectivity index (χ1v) is 5.22. The molecule has 0 aromatic carbocycles. The number of nitrogens with one attached hydrogen (secondary N) is 1. The van der Waals surface area contributed by atoms with Gasteiger partial charge in [-0.3, -0.25) is 4.79 Å². The number of carbonyl (C=O) groups excluding carboxylic acids is 2. The van der Waals surface area contributed by atoms with Crippen molar-refractivity contribution < 1.29 is 14.3 Å². The van der Waals surface area contributed by atoms with E-state index in [1.165, 1.54) is 0 Å². The third kappa shape index (κ3) is 2.62. The first-order chi connectivity index (χ1) is 7.60. The highest BCUT2D eigenvalue weighted by atomic mass is 16.5. The van der Waals surface area contributed by atoms with Crippen molar-refractivity contribution >= 4 is 17.6 Å². The molecule has 5 nitrogen and oxygen atoms in total. The van der Waals surface area contributed by atoms with Crippen LogP contribution in [0.3, 0.4) is 0 Å². The van der Waals surface area contributed by atoms with Crippen LogP contribution < -0.4 is 5.32 Å². The van der Waals surface area contributed by atoms with Gasteiger partial charge >= 0.3 is 5.97 Å². The molecule has 1 rings (SSSR count). The van der Waals surface area contributed by atoms with Crippen LogP contribution in [0.2, 0.25) is 0 Å². The minimum atomic E-state index is -0.429. The van der Waals surface area contributed by atoms with E-state index in [1.54, 1.807) is 37.7 Å². The quantitative estimate of drug-likeness (QED) is 0.789. The van der Waals surface area contributed by atoms with E-state index in [1.807, 2.05) is 0 Å². The van der Waals surface area contributed by atoms with Gasteiger partial charge in [0.15, 0.2) is 5.69 Å². The number of aromatic nitrogens is 1. The Morgan fingerprint density at radius 1 is 1.44 bits per heavy atom. The Labute approximate surface area is 94.4 Å². The van der Waals surface area contributed by atoms with E-state index in [-0.39, 0.29) is 5.91 Å². The Hall–Kier alpha value is -1.78. The molecule has 0 bridgehead atoms. The summed E-state index contributed by atoms with van der Waals surface area (Å²) in [5.41, 5.74) is 0.858. The van der Waals surface area contributed by atoms with Gasteiger partial charge in [0.1, 0.15) is 0 Å². The lowest BCUT2D eigenvalue weighted by Gasteiger charge is -2.07. The maximum Gasteiger partial charge on any atom is 0.357 e. The molecule has 1 aromatic rings. The second-order valence-electron chi connectivity index (χ2n) is 3.31. The number of ether oxygens (including phenoxy) is 1. The normalized spacial score (nSPS) is 9.94. The zero-order valence-corrected chi connectivity index (χ0v) is 9.74. The highest BCUT2D eigenvalue weighted by molar-refractivity contribution is 6.00. The molecule has 0 radical (unpaired) electrons. The van der Waals surface area contributed by atoms with Gasteiger partial charge in [0.05, 0.1) is 12.3 Å². The van der Waals surface area contributed by atoms with E-state index in [0.717, 1.165) is 0 Å². The number of carbonyl (C=O) groups is 2. The molecule has 0 aliphatic heterocycles. The van der Waals surface area contributed by atoms with Crippen molar-refractivity contribution in [3.05, 3.63) is 18.0 Å². The van der Waals surface area contributed by atoms with Crippen molar-refractivity contribution in [3.8, 4) is 0 Å². The van der Waals surface area contributed by atoms with Gasteiger partial charge in [-0.1, -0.05) is 6.92 Å². The highest BCUT2D eigenvalue weighted by Gasteiger charge is 2.17. The summed E-state index contributed by atoms with van der Waals surface area (Å²) in [5.74, 6) is -0.557. The maximum atomic E-state index is 11.6. The first kappa shape index (κ1) is 12.3. The number of rotatable bonds is 4. The van der Waals surface area contributed by atoms with E-state index in [0.29, 0.717) is 24.4 Å². The van der Waals surface area contributed by atoms with Crippen LogP contribution in [0.4, 0.5) is 5.69 Å². The molecule has 1 heterocycles. The molecule has 0 spiro atoms. The standard InChI is InChI=1S/C11H16N2O3/c1-4-9(14)12-8-6-7-13(3)10(8)11(15)16-5-2/h6-7H,4-5H2,1-3H3,(H,12,14). The smallest absolute Gasteiger partial charge is 0.357 e. The van der Waals surface area contributed by atoms with Crippen LogP contribution in [-0.4, -0.2) is 23.1 Å². The average Bonchev–Trinajstić information content (AvgIpc) is 2.60. The third-order valence-electron chi connectivity index (χ3n) is 2.14.